The number of likely N-dealkylation sites (tertiary alicyclic amines) is 1. The first kappa shape index (κ1) is 32.6. The molecule has 2 aromatic rings. The molecule has 0 aliphatic carbocycles. The molecule has 1 spiro atoms. The maximum atomic E-state index is 15.2. The maximum Gasteiger partial charge on any atom is 0.247 e. The zero-order valence-corrected chi connectivity index (χ0v) is 28.7. The summed E-state index contributed by atoms with van der Waals surface area (Å²) in [5, 5.41) is 10.9. The number of benzene rings is 2. The molecule has 1 N–H and O–H groups in total. The Morgan fingerprint density at radius 1 is 0.848 bits per heavy atom. The minimum atomic E-state index is -0.988. The van der Waals surface area contributed by atoms with E-state index in [1.165, 1.54) is 0 Å². The zero-order valence-electron chi connectivity index (χ0n) is 27.8. The van der Waals surface area contributed by atoms with Gasteiger partial charge in [-0.2, -0.15) is 0 Å². The molecular formula is C38H47N3O4S. The van der Waals surface area contributed by atoms with E-state index in [1.54, 1.807) is 16.7 Å². The van der Waals surface area contributed by atoms with E-state index in [9.17, 15) is 9.90 Å². The fourth-order valence-corrected chi connectivity index (χ4v) is 10.9. The van der Waals surface area contributed by atoms with Crippen molar-refractivity contribution in [2.24, 2.45) is 17.3 Å². The third-order valence-electron chi connectivity index (χ3n) is 10.2. The number of amides is 3. The molecule has 6 atom stereocenters. The number of aliphatic hydroxyl groups excluding tert-OH is 1. The van der Waals surface area contributed by atoms with E-state index in [0.717, 1.165) is 17.5 Å². The zero-order chi connectivity index (χ0) is 33.1. The Bertz CT molecular complexity index is 1550. The van der Waals surface area contributed by atoms with Gasteiger partial charge in [0, 0.05) is 29.9 Å². The van der Waals surface area contributed by atoms with Crippen molar-refractivity contribution >= 4 is 29.5 Å². The molecule has 8 heteroatoms. The topological polar surface area (TPSA) is 81.2 Å². The summed E-state index contributed by atoms with van der Waals surface area (Å²) in [4.78, 5) is 50.3. The molecule has 0 radical (unpaired) electrons. The Kier molecular flexibility index (Phi) is 8.29. The predicted molar refractivity (Wildman–Crippen MR) is 183 cm³/mol. The monoisotopic (exact) mass is 641 g/mol. The standard InChI is InChI=1S/C38H47N3O4S/c1-35(2,3)25-36(4,5)40-22-14-20-38-30(33(44)41(31(38)34(40)45)28(24-42)27-17-11-8-12-18-27)29-32(43)39(21-13-19-37(29,6)46-38)23-26-15-9-7-10-16-26/h7-20,28-31,42H,21-25H2,1-6H3/t28-,29+,30+,31?,37-,38+/m1/s1. The maximum absolute atomic E-state index is 15.2. The summed E-state index contributed by atoms with van der Waals surface area (Å²) >= 11 is 1.59. The second-order valence-electron chi connectivity index (χ2n) is 15.4. The molecule has 244 valence electrons. The van der Waals surface area contributed by atoms with Crippen LogP contribution in [0.25, 0.3) is 0 Å². The second kappa shape index (κ2) is 11.7. The summed E-state index contributed by atoms with van der Waals surface area (Å²) in [6.07, 6.45) is 9.02. The number of carbonyl (C=O) groups excluding carboxylic acids is 3. The first-order valence-electron chi connectivity index (χ1n) is 16.4. The molecule has 2 fully saturated rings. The molecule has 4 aliphatic heterocycles. The molecule has 4 aliphatic rings. The lowest BCUT2D eigenvalue weighted by Crippen LogP contribution is -2.59. The van der Waals surface area contributed by atoms with Crippen LogP contribution in [0.1, 0.15) is 65.1 Å². The van der Waals surface area contributed by atoms with Crippen molar-refractivity contribution in [2.75, 3.05) is 19.7 Å². The third-order valence-corrected chi connectivity index (χ3v) is 12.0. The fraction of sp³-hybridized carbons (Fsp3) is 0.500. The lowest BCUT2D eigenvalue weighted by atomic mass is 9.74. The van der Waals surface area contributed by atoms with E-state index >= 15 is 9.59 Å². The van der Waals surface area contributed by atoms with Crippen LogP contribution in [0.5, 0.6) is 0 Å². The molecule has 3 amide bonds. The van der Waals surface area contributed by atoms with Crippen molar-refractivity contribution in [2.45, 2.75) is 81.6 Å². The Balaban J connectivity index is 1.49. The Morgan fingerprint density at radius 2 is 1.48 bits per heavy atom. The van der Waals surface area contributed by atoms with Gasteiger partial charge >= 0.3 is 0 Å². The SMILES string of the molecule is CC(C)(C)CC(C)(C)N1CC=C[C@]23S[C@]4(C)C=CCN(Cc5ccccc5)C(=O)[C@@H]4[C@H]2C(=O)N([C@H](CO)c2ccccc2)C3C1=O. The normalized spacial score (nSPS) is 30.2. The Labute approximate surface area is 277 Å². The van der Waals surface area contributed by atoms with Gasteiger partial charge in [-0.1, -0.05) is 106 Å². The fourth-order valence-electron chi connectivity index (χ4n) is 8.76. The molecule has 7 nitrogen and oxygen atoms in total. The molecule has 1 unspecified atom stereocenters. The van der Waals surface area contributed by atoms with Gasteiger partial charge < -0.3 is 19.8 Å². The summed E-state index contributed by atoms with van der Waals surface area (Å²) in [6.45, 7) is 13.7. The largest absolute Gasteiger partial charge is 0.394 e. The molecule has 2 aromatic carbocycles. The van der Waals surface area contributed by atoms with Crippen molar-refractivity contribution in [1.29, 1.82) is 0 Å². The Morgan fingerprint density at radius 3 is 2.11 bits per heavy atom. The van der Waals surface area contributed by atoms with Crippen molar-refractivity contribution in [1.82, 2.24) is 14.7 Å². The van der Waals surface area contributed by atoms with Crippen LogP contribution in [-0.4, -0.2) is 78.3 Å². The van der Waals surface area contributed by atoms with E-state index in [2.05, 4.69) is 53.7 Å². The number of nitrogens with zero attached hydrogens (tertiary/aromatic N) is 3. The third kappa shape index (κ3) is 5.41. The smallest absolute Gasteiger partial charge is 0.247 e. The highest BCUT2D eigenvalue weighted by atomic mass is 32.2. The van der Waals surface area contributed by atoms with Gasteiger partial charge in [0.1, 0.15) is 6.04 Å². The lowest BCUT2D eigenvalue weighted by Gasteiger charge is -2.45. The second-order valence-corrected chi connectivity index (χ2v) is 17.2. The van der Waals surface area contributed by atoms with E-state index < -0.39 is 39.0 Å². The van der Waals surface area contributed by atoms with E-state index in [1.807, 2.05) is 82.6 Å². The molecular weight excluding hydrogens is 595 g/mol. The van der Waals surface area contributed by atoms with Crippen molar-refractivity contribution in [3.05, 3.63) is 96.1 Å². The Hall–Kier alpha value is -3.36. The van der Waals surface area contributed by atoms with Gasteiger partial charge in [0.2, 0.25) is 17.7 Å². The molecule has 6 rings (SSSR count). The van der Waals surface area contributed by atoms with Gasteiger partial charge in [-0.3, -0.25) is 14.4 Å². The predicted octanol–water partition coefficient (Wildman–Crippen LogP) is 5.62. The number of hydrogen-bond acceptors (Lipinski definition) is 5. The number of aliphatic hydroxyl groups is 1. The quantitative estimate of drug-likeness (QED) is 0.397. The summed E-state index contributed by atoms with van der Waals surface area (Å²) < 4.78 is -1.69. The van der Waals surface area contributed by atoms with Gasteiger partial charge in [-0.25, -0.2) is 0 Å². The van der Waals surface area contributed by atoms with Crippen LogP contribution >= 0.6 is 11.8 Å². The molecule has 0 aromatic heterocycles. The number of hydrogen-bond donors (Lipinski definition) is 1. The van der Waals surface area contributed by atoms with Crippen LogP contribution < -0.4 is 0 Å². The molecule has 4 heterocycles. The van der Waals surface area contributed by atoms with Crippen LogP contribution in [-0.2, 0) is 20.9 Å². The molecule has 0 saturated carbocycles. The number of rotatable bonds is 7. The van der Waals surface area contributed by atoms with E-state index in [-0.39, 0.29) is 29.7 Å². The van der Waals surface area contributed by atoms with Gasteiger partial charge in [0.25, 0.3) is 0 Å². The average Bonchev–Trinajstić information content (AvgIpc) is 3.26. The van der Waals surface area contributed by atoms with Crippen LogP contribution in [0.3, 0.4) is 0 Å². The summed E-state index contributed by atoms with van der Waals surface area (Å²) in [6, 6.07) is 17.7. The summed E-state index contributed by atoms with van der Waals surface area (Å²) in [5.41, 5.74) is 1.25. The van der Waals surface area contributed by atoms with E-state index in [4.69, 9.17) is 0 Å². The minimum Gasteiger partial charge on any atom is -0.394 e. The van der Waals surface area contributed by atoms with E-state index in [0.29, 0.717) is 19.6 Å². The molecule has 2 saturated heterocycles. The van der Waals surface area contributed by atoms with Crippen LogP contribution in [0, 0.1) is 17.3 Å². The molecule has 46 heavy (non-hydrogen) atoms. The van der Waals surface area contributed by atoms with Gasteiger partial charge in [-0.15, -0.1) is 11.8 Å². The highest BCUT2D eigenvalue weighted by molar-refractivity contribution is 8.02. The highest BCUT2D eigenvalue weighted by Crippen LogP contribution is 2.66. The van der Waals surface area contributed by atoms with Crippen molar-refractivity contribution in [3.8, 4) is 0 Å². The van der Waals surface area contributed by atoms with Gasteiger partial charge in [0.15, 0.2) is 0 Å². The summed E-state index contributed by atoms with van der Waals surface area (Å²) in [7, 11) is 0. The van der Waals surface area contributed by atoms with Crippen LogP contribution in [0.15, 0.2) is 85.0 Å². The van der Waals surface area contributed by atoms with Crippen LogP contribution in [0.2, 0.25) is 0 Å². The van der Waals surface area contributed by atoms with Gasteiger partial charge in [-0.05, 0) is 43.7 Å². The first-order chi connectivity index (χ1) is 21.7. The first-order valence-corrected chi connectivity index (χ1v) is 17.2. The van der Waals surface area contributed by atoms with Crippen molar-refractivity contribution < 1.29 is 19.5 Å². The lowest BCUT2D eigenvalue weighted by molar-refractivity contribution is -0.150. The minimum absolute atomic E-state index is 0.0366. The summed E-state index contributed by atoms with van der Waals surface area (Å²) in [5.74, 6) is -1.90. The van der Waals surface area contributed by atoms with Crippen molar-refractivity contribution in [3.63, 3.8) is 0 Å². The average molecular weight is 642 g/mol. The van der Waals surface area contributed by atoms with Gasteiger partial charge in [0.05, 0.1) is 29.2 Å². The highest BCUT2D eigenvalue weighted by Gasteiger charge is 2.75. The molecule has 0 bridgehead atoms. The van der Waals surface area contributed by atoms with Crippen LogP contribution in [0.4, 0.5) is 0 Å². The number of thioether (sulfide) groups is 1. The number of carbonyl (C=O) groups is 3. The number of fused-ring (bicyclic) bond motifs is 2.